The summed E-state index contributed by atoms with van der Waals surface area (Å²) < 4.78 is 5.58. The number of para-hydroxylation sites is 2. The molecule has 2 aromatic carbocycles. The predicted molar refractivity (Wildman–Crippen MR) is 107 cm³/mol. The summed E-state index contributed by atoms with van der Waals surface area (Å²) in [6.45, 7) is 5.13. The van der Waals surface area contributed by atoms with E-state index in [1.54, 1.807) is 0 Å². The van der Waals surface area contributed by atoms with Gasteiger partial charge in [0.05, 0.1) is 5.52 Å². The molecule has 0 N–H and O–H groups in total. The topological polar surface area (TPSA) is 45.7 Å². The molecule has 1 saturated heterocycles. The summed E-state index contributed by atoms with van der Waals surface area (Å²) in [5, 5.41) is 1.19. The number of fused-ring (bicyclic) bond motifs is 1. The van der Waals surface area contributed by atoms with Gasteiger partial charge in [0, 0.05) is 31.6 Å². The Hall–Kier alpha value is -3.08. The first kappa shape index (κ1) is 17.3. The standard InChI is InChI=1S/C22H23N3O2/c1-17-15-21(23-20-10-6-5-9-19(17)20)24-11-13-25(14-12-24)22(26)16-27-18-7-3-2-4-8-18/h2-10,15H,11-14,16H2,1H3. The van der Waals surface area contributed by atoms with Crippen LogP contribution in [-0.4, -0.2) is 48.6 Å². The predicted octanol–water partition coefficient (Wildman–Crippen LogP) is 3.27. The van der Waals surface area contributed by atoms with E-state index in [4.69, 9.17) is 9.72 Å². The van der Waals surface area contributed by atoms with Crippen LogP contribution in [0.15, 0.2) is 60.7 Å². The molecule has 0 saturated carbocycles. The zero-order chi connectivity index (χ0) is 18.6. The Labute approximate surface area is 159 Å². The van der Waals surface area contributed by atoms with Crippen LogP contribution in [-0.2, 0) is 4.79 Å². The van der Waals surface area contributed by atoms with E-state index in [9.17, 15) is 4.79 Å². The van der Waals surface area contributed by atoms with E-state index < -0.39 is 0 Å². The van der Waals surface area contributed by atoms with E-state index >= 15 is 0 Å². The first-order chi connectivity index (χ1) is 13.2. The molecule has 5 heteroatoms. The normalized spacial score (nSPS) is 14.4. The summed E-state index contributed by atoms with van der Waals surface area (Å²) in [5.74, 6) is 1.74. The number of carbonyl (C=O) groups excluding carboxylic acids is 1. The number of benzene rings is 2. The summed E-state index contributed by atoms with van der Waals surface area (Å²) in [4.78, 5) is 21.3. The highest BCUT2D eigenvalue weighted by Crippen LogP contribution is 2.23. The van der Waals surface area contributed by atoms with Gasteiger partial charge in [-0.25, -0.2) is 4.98 Å². The van der Waals surface area contributed by atoms with Crippen molar-refractivity contribution >= 4 is 22.6 Å². The molecule has 0 aliphatic carbocycles. The minimum atomic E-state index is 0.0288. The number of piperazine rings is 1. The summed E-state index contributed by atoms with van der Waals surface area (Å²) in [6.07, 6.45) is 0. The highest BCUT2D eigenvalue weighted by atomic mass is 16.5. The van der Waals surface area contributed by atoms with Crippen molar-refractivity contribution in [3.05, 3.63) is 66.2 Å². The fraction of sp³-hybridized carbons (Fsp3) is 0.273. The van der Waals surface area contributed by atoms with Crippen LogP contribution in [0.1, 0.15) is 5.56 Å². The maximum Gasteiger partial charge on any atom is 0.260 e. The van der Waals surface area contributed by atoms with Crippen molar-refractivity contribution in [2.75, 3.05) is 37.7 Å². The Kier molecular flexibility index (Phi) is 4.92. The first-order valence-corrected chi connectivity index (χ1v) is 9.28. The van der Waals surface area contributed by atoms with E-state index in [0.717, 1.165) is 30.2 Å². The Morgan fingerprint density at radius 2 is 1.70 bits per heavy atom. The number of aromatic nitrogens is 1. The average molecular weight is 361 g/mol. The van der Waals surface area contributed by atoms with Crippen molar-refractivity contribution in [1.29, 1.82) is 0 Å². The lowest BCUT2D eigenvalue weighted by atomic mass is 10.1. The number of hydrogen-bond acceptors (Lipinski definition) is 4. The van der Waals surface area contributed by atoms with Crippen LogP contribution >= 0.6 is 0 Å². The largest absolute Gasteiger partial charge is 0.484 e. The Bertz CT molecular complexity index is 935. The number of amides is 1. The highest BCUT2D eigenvalue weighted by molar-refractivity contribution is 5.84. The number of rotatable bonds is 4. The third kappa shape index (κ3) is 3.87. The van der Waals surface area contributed by atoms with Crippen molar-refractivity contribution in [3.63, 3.8) is 0 Å². The number of carbonyl (C=O) groups is 1. The fourth-order valence-corrected chi connectivity index (χ4v) is 3.43. The number of pyridine rings is 1. The molecular formula is C22H23N3O2. The van der Waals surface area contributed by atoms with E-state index in [1.807, 2.05) is 53.4 Å². The van der Waals surface area contributed by atoms with E-state index in [1.165, 1.54) is 10.9 Å². The summed E-state index contributed by atoms with van der Waals surface area (Å²) in [5.41, 5.74) is 2.24. The molecular weight excluding hydrogens is 338 g/mol. The fourth-order valence-electron chi connectivity index (χ4n) is 3.43. The van der Waals surface area contributed by atoms with Crippen LogP contribution in [0.3, 0.4) is 0 Å². The second kappa shape index (κ2) is 7.66. The highest BCUT2D eigenvalue weighted by Gasteiger charge is 2.22. The molecule has 1 aliphatic heterocycles. The molecule has 1 amide bonds. The quantitative estimate of drug-likeness (QED) is 0.715. The van der Waals surface area contributed by atoms with Gasteiger partial charge in [-0.05, 0) is 36.8 Å². The van der Waals surface area contributed by atoms with E-state index in [-0.39, 0.29) is 12.5 Å². The van der Waals surface area contributed by atoms with Crippen LogP contribution in [0.25, 0.3) is 10.9 Å². The zero-order valence-corrected chi connectivity index (χ0v) is 15.5. The summed E-state index contributed by atoms with van der Waals surface area (Å²) >= 11 is 0. The molecule has 0 atom stereocenters. The van der Waals surface area contributed by atoms with Crippen LogP contribution in [0.2, 0.25) is 0 Å². The molecule has 4 rings (SSSR count). The lowest BCUT2D eigenvalue weighted by Gasteiger charge is -2.35. The molecule has 27 heavy (non-hydrogen) atoms. The van der Waals surface area contributed by atoms with Gasteiger partial charge < -0.3 is 14.5 Å². The number of nitrogens with zero attached hydrogens (tertiary/aromatic N) is 3. The Morgan fingerprint density at radius 3 is 2.48 bits per heavy atom. The summed E-state index contributed by atoms with van der Waals surface area (Å²) in [6, 6.07) is 19.8. The average Bonchev–Trinajstić information content (AvgIpc) is 2.73. The van der Waals surface area contributed by atoms with Crippen LogP contribution in [0.4, 0.5) is 5.82 Å². The molecule has 5 nitrogen and oxygen atoms in total. The molecule has 1 aliphatic rings. The Morgan fingerprint density at radius 1 is 1.00 bits per heavy atom. The SMILES string of the molecule is Cc1cc(N2CCN(C(=O)COc3ccccc3)CC2)nc2ccccc12. The van der Waals surface area contributed by atoms with Crippen LogP contribution < -0.4 is 9.64 Å². The first-order valence-electron chi connectivity index (χ1n) is 9.28. The molecule has 2 heterocycles. The molecule has 1 fully saturated rings. The van der Waals surface area contributed by atoms with Crippen LogP contribution in [0, 0.1) is 6.92 Å². The minimum absolute atomic E-state index is 0.0288. The number of ether oxygens (including phenoxy) is 1. The van der Waals surface area contributed by atoms with Crippen molar-refractivity contribution in [2.45, 2.75) is 6.92 Å². The maximum absolute atomic E-state index is 12.4. The Balaban J connectivity index is 1.36. The van der Waals surface area contributed by atoms with Gasteiger partial charge in [-0.15, -0.1) is 0 Å². The van der Waals surface area contributed by atoms with Crippen LogP contribution in [0.5, 0.6) is 5.75 Å². The zero-order valence-electron chi connectivity index (χ0n) is 15.5. The van der Waals surface area contributed by atoms with Gasteiger partial charge in [0.15, 0.2) is 6.61 Å². The minimum Gasteiger partial charge on any atom is -0.484 e. The van der Waals surface area contributed by atoms with Gasteiger partial charge in [0.25, 0.3) is 5.91 Å². The van der Waals surface area contributed by atoms with Crippen molar-refractivity contribution < 1.29 is 9.53 Å². The third-order valence-corrected chi connectivity index (χ3v) is 4.97. The molecule has 1 aromatic heterocycles. The maximum atomic E-state index is 12.4. The molecule has 0 bridgehead atoms. The number of hydrogen-bond donors (Lipinski definition) is 0. The van der Waals surface area contributed by atoms with Crippen molar-refractivity contribution in [3.8, 4) is 5.75 Å². The monoisotopic (exact) mass is 361 g/mol. The molecule has 0 radical (unpaired) electrons. The molecule has 138 valence electrons. The smallest absolute Gasteiger partial charge is 0.260 e. The lowest BCUT2D eigenvalue weighted by Crippen LogP contribution is -2.50. The van der Waals surface area contributed by atoms with E-state index in [2.05, 4.69) is 24.0 Å². The number of anilines is 1. The van der Waals surface area contributed by atoms with Gasteiger partial charge in [-0.3, -0.25) is 4.79 Å². The van der Waals surface area contributed by atoms with Gasteiger partial charge in [-0.1, -0.05) is 36.4 Å². The molecule has 0 spiro atoms. The molecule has 0 unspecified atom stereocenters. The van der Waals surface area contributed by atoms with Gasteiger partial charge in [-0.2, -0.15) is 0 Å². The third-order valence-electron chi connectivity index (χ3n) is 4.97. The van der Waals surface area contributed by atoms with Gasteiger partial charge in [0.2, 0.25) is 0 Å². The van der Waals surface area contributed by atoms with Gasteiger partial charge in [0.1, 0.15) is 11.6 Å². The molecule has 3 aromatic rings. The summed E-state index contributed by atoms with van der Waals surface area (Å²) in [7, 11) is 0. The number of aryl methyl sites for hydroxylation is 1. The van der Waals surface area contributed by atoms with Crippen molar-refractivity contribution in [2.24, 2.45) is 0 Å². The van der Waals surface area contributed by atoms with Gasteiger partial charge >= 0.3 is 0 Å². The van der Waals surface area contributed by atoms with Crippen molar-refractivity contribution in [1.82, 2.24) is 9.88 Å². The lowest BCUT2D eigenvalue weighted by molar-refractivity contribution is -0.133. The second-order valence-electron chi connectivity index (χ2n) is 6.78. The van der Waals surface area contributed by atoms with E-state index in [0.29, 0.717) is 13.1 Å². The second-order valence-corrected chi connectivity index (χ2v) is 6.78.